The summed E-state index contributed by atoms with van der Waals surface area (Å²) in [4.78, 5) is 21.6. The van der Waals surface area contributed by atoms with E-state index in [2.05, 4.69) is 5.32 Å². The Morgan fingerprint density at radius 1 is 1.41 bits per heavy atom. The van der Waals surface area contributed by atoms with Crippen LogP contribution in [0.1, 0.15) is 6.92 Å². The Balaban J connectivity index is 4.62. The minimum atomic E-state index is -1.36. The van der Waals surface area contributed by atoms with Crippen molar-refractivity contribution < 1.29 is 29.3 Å². The van der Waals surface area contributed by atoms with Crippen LogP contribution in [0.3, 0.4) is 0 Å². The number of hydrogen-bond acceptors (Lipinski definition) is 6. The van der Waals surface area contributed by atoms with Crippen LogP contribution in [-0.2, 0) is 19.1 Å². The lowest BCUT2D eigenvalue weighted by atomic mass is 10.0. The molecule has 0 aliphatic rings. The van der Waals surface area contributed by atoms with Gasteiger partial charge < -0.3 is 29.8 Å². The van der Waals surface area contributed by atoms with Gasteiger partial charge in [-0.05, 0) is 0 Å². The van der Waals surface area contributed by atoms with Gasteiger partial charge in [0.1, 0.15) is 30.6 Å². The van der Waals surface area contributed by atoms with E-state index in [1.807, 2.05) is 0 Å². The monoisotopic (exact) mass is 249 g/mol. The Hall–Kier alpha value is -1.02. The summed E-state index contributed by atoms with van der Waals surface area (Å²) in [6, 6.07) is -1.14. The fourth-order valence-corrected chi connectivity index (χ4v) is 1.43. The van der Waals surface area contributed by atoms with E-state index in [0.29, 0.717) is 6.29 Å². The van der Waals surface area contributed by atoms with Crippen LogP contribution in [0.2, 0.25) is 0 Å². The van der Waals surface area contributed by atoms with Crippen molar-refractivity contribution in [2.75, 3.05) is 20.8 Å². The highest BCUT2D eigenvalue weighted by Crippen LogP contribution is 2.08. The Morgan fingerprint density at radius 2 is 2.00 bits per heavy atom. The van der Waals surface area contributed by atoms with E-state index in [1.165, 1.54) is 21.1 Å². The van der Waals surface area contributed by atoms with Crippen molar-refractivity contribution in [3.63, 3.8) is 0 Å². The molecule has 0 fully saturated rings. The van der Waals surface area contributed by atoms with E-state index in [0.717, 1.165) is 0 Å². The van der Waals surface area contributed by atoms with Gasteiger partial charge in [0.25, 0.3) is 0 Å². The summed E-state index contributed by atoms with van der Waals surface area (Å²) in [5.74, 6) is -0.461. The summed E-state index contributed by atoms with van der Waals surface area (Å²) in [6.45, 7) is 1.16. The van der Waals surface area contributed by atoms with E-state index in [9.17, 15) is 19.8 Å². The Bertz CT molecular complexity index is 247. The molecule has 0 spiro atoms. The van der Waals surface area contributed by atoms with Crippen LogP contribution in [-0.4, -0.2) is 67.6 Å². The van der Waals surface area contributed by atoms with E-state index in [4.69, 9.17) is 9.47 Å². The van der Waals surface area contributed by atoms with E-state index in [1.54, 1.807) is 0 Å². The first-order valence-corrected chi connectivity index (χ1v) is 5.08. The molecule has 4 atom stereocenters. The molecule has 0 unspecified atom stereocenters. The second-order valence-corrected chi connectivity index (χ2v) is 3.58. The molecular weight excluding hydrogens is 230 g/mol. The number of carbonyl (C=O) groups excluding carboxylic acids is 2. The zero-order chi connectivity index (χ0) is 13.4. The first kappa shape index (κ1) is 16.0. The predicted octanol–water partition coefficient (Wildman–Crippen LogP) is -1.93. The quantitative estimate of drug-likeness (QED) is 0.433. The van der Waals surface area contributed by atoms with Gasteiger partial charge in [-0.2, -0.15) is 0 Å². The molecule has 0 aromatic heterocycles. The number of ether oxygens (including phenoxy) is 2. The zero-order valence-electron chi connectivity index (χ0n) is 10.1. The minimum absolute atomic E-state index is 0.0543. The van der Waals surface area contributed by atoms with Gasteiger partial charge >= 0.3 is 0 Å². The van der Waals surface area contributed by atoms with Gasteiger partial charge in [0.2, 0.25) is 5.91 Å². The van der Waals surface area contributed by atoms with Gasteiger partial charge in [-0.15, -0.1) is 0 Å². The van der Waals surface area contributed by atoms with Crippen molar-refractivity contribution in [1.82, 2.24) is 5.32 Å². The molecule has 0 saturated heterocycles. The number of aliphatic hydroxyl groups is 2. The van der Waals surface area contributed by atoms with Gasteiger partial charge in [-0.25, -0.2) is 0 Å². The summed E-state index contributed by atoms with van der Waals surface area (Å²) in [5, 5.41) is 21.7. The van der Waals surface area contributed by atoms with Crippen LogP contribution in [0.4, 0.5) is 0 Å². The highest BCUT2D eigenvalue weighted by Gasteiger charge is 2.33. The maximum absolute atomic E-state index is 10.8. The van der Waals surface area contributed by atoms with Crippen LogP contribution in [0.15, 0.2) is 0 Å². The molecule has 7 heteroatoms. The second kappa shape index (κ2) is 8.13. The van der Waals surface area contributed by atoms with Gasteiger partial charge in [-0.3, -0.25) is 4.79 Å². The van der Waals surface area contributed by atoms with Crippen molar-refractivity contribution in [3.05, 3.63) is 0 Å². The van der Waals surface area contributed by atoms with Crippen molar-refractivity contribution in [3.8, 4) is 0 Å². The summed E-state index contributed by atoms with van der Waals surface area (Å²) in [5.41, 5.74) is 0. The summed E-state index contributed by atoms with van der Waals surface area (Å²) in [7, 11) is 2.66. The van der Waals surface area contributed by atoms with E-state index >= 15 is 0 Å². The van der Waals surface area contributed by atoms with Crippen LogP contribution in [0, 0.1) is 0 Å². The molecule has 100 valence electrons. The molecule has 0 heterocycles. The van der Waals surface area contributed by atoms with Crippen LogP contribution < -0.4 is 5.32 Å². The SMILES string of the molecule is COC[C@@H](O)[C@@H](OC)[C@H](O)[C@H](C=O)NC(C)=O. The number of aldehydes is 1. The molecule has 7 nitrogen and oxygen atoms in total. The van der Waals surface area contributed by atoms with Crippen LogP contribution >= 0.6 is 0 Å². The standard InChI is InChI=1S/C10H19NO6/c1-6(13)11-7(4-12)9(15)10(17-3)8(14)5-16-2/h4,7-10,14-15H,5H2,1-3H3,(H,11,13)/t7-,8+,9+,10+/m0/s1. The molecule has 0 rings (SSSR count). The highest BCUT2D eigenvalue weighted by molar-refractivity contribution is 5.77. The summed E-state index contributed by atoms with van der Waals surface area (Å²) >= 11 is 0. The lowest BCUT2D eigenvalue weighted by Crippen LogP contribution is -2.53. The molecule has 0 saturated carbocycles. The molecule has 0 aliphatic heterocycles. The number of methoxy groups -OCH3 is 2. The fourth-order valence-electron chi connectivity index (χ4n) is 1.43. The van der Waals surface area contributed by atoms with Gasteiger partial charge in [0.05, 0.1) is 6.61 Å². The van der Waals surface area contributed by atoms with Crippen molar-refractivity contribution in [2.45, 2.75) is 31.3 Å². The van der Waals surface area contributed by atoms with Crippen molar-refractivity contribution >= 4 is 12.2 Å². The smallest absolute Gasteiger partial charge is 0.217 e. The lowest BCUT2D eigenvalue weighted by Gasteiger charge is -2.29. The fraction of sp³-hybridized carbons (Fsp3) is 0.800. The number of rotatable bonds is 8. The maximum atomic E-state index is 10.8. The Morgan fingerprint density at radius 3 is 2.35 bits per heavy atom. The third-order valence-corrected chi connectivity index (χ3v) is 2.21. The third kappa shape index (κ3) is 5.22. The van der Waals surface area contributed by atoms with Crippen molar-refractivity contribution in [1.29, 1.82) is 0 Å². The van der Waals surface area contributed by atoms with Crippen LogP contribution in [0.25, 0.3) is 0 Å². The summed E-state index contributed by atoms with van der Waals surface area (Å²) < 4.78 is 9.61. The topological polar surface area (TPSA) is 105 Å². The maximum Gasteiger partial charge on any atom is 0.217 e. The number of amides is 1. The average molecular weight is 249 g/mol. The molecule has 3 N–H and O–H groups in total. The summed E-state index contributed by atoms with van der Waals surface area (Å²) in [6.07, 6.45) is -3.10. The van der Waals surface area contributed by atoms with Crippen molar-refractivity contribution in [2.24, 2.45) is 0 Å². The molecule has 1 amide bonds. The molecular formula is C10H19NO6. The van der Waals surface area contributed by atoms with Gasteiger partial charge in [0, 0.05) is 21.1 Å². The third-order valence-electron chi connectivity index (χ3n) is 2.21. The molecule has 0 aromatic carbocycles. The largest absolute Gasteiger partial charge is 0.388 e. The molecule has 0 bridgehead atoms. The highest BCUT2D eigenvalue weighted by atomic mass is 16.5. The van der Waals surface area contributed by atoms with Crippen LogP contribution in [0.5, 0.6) is 0 Å². The Labute approximate surface area is 99.7 Å². The van der Waals surface area contributed by atoms with Gasteiger partial charge in [0.15, 0.2) is 0 Å². The number of hydrogen-bond donors (Lipinski definition) is 3. The van der Waals surface area contributed by atoms with Gasteiger partial charge in [-0.1, -0.05) is 0 Å². The normalized spacial score (nSPS) is 17.9. The first-order chi connectivity index (χ1) is 7.97. The number of aliphatic hydroxyl groups excluding tert-OH is 2. The predicted molar refractivity (Wildman–Crippen MR) is 58.4 cm³/mol. The average Bonchev–Trinajstić information content (AvgIpc) is 2.26. The second-order valence-electron chi connectivity index (χ2n) is 3.58. The molecule has 0 radical (unpaired) electrons. The molecule has 17 heavy (non-hydrogen) atoms. The minimum Gasteiger partial charge on any atom is -0.388 e. The Kier molecular flexibility index (Phi) is 7.64. The lowest BCUT2D eigenvalue weighted by molar-refractivity contribution is -0.133. The molecule has 0 aromatic rings. The zero-order valence-corrected chi connectivity index (χ0v) is 10.1. The number of nitrogens with one attached hydrogen (secondary N) is 1. The number of carbonyl (C=O) groups is 2. The first-order valence-electron chi connectivity index (χ1n) is 5.08. The van der Waals surface area contributed by atoms with E-state index < -0.39 is 30.3 Å². The molecule has 0 aliphatic carbocycles. The van der Waals surface area contributed by atoms with E-state index in [-0.39, 0.29) is 6.61 Å².